The van der Waals surface area contributed by atoms with Crippen LogP contribution in [0.5, 0.6) is 11.5 Å². The molecule has 3 aromatic rings. The van der Waals surface area contributed by atoms with Gasteiger partial charge >= 0.3 is 11.8 Å². The highest BCUT2D eigenvalue weighted by molar-refractivity contribution is 9.10. The van der Waals surface area contributed by atoms with E-state index in [4.69, 9.17) is 9.47 Å². The van der Waals surface area contributed by atoms with Gasteiger partial charge in [0.2, 0.25) is 0 Å². The molecule has 3 rings (SSSR count). The van der Waals surface area contributed by atoms with E-state index in [0.29, 0.717) is 33.7 Å². The molecule has 0 atom stereocenters. The van der Waals surface area contributed by atoms with E-state index in [9.17, 15) is 18.4 Å². The molecule has 2 N–H and O–H groups in total. The number of para-hydroxylation sites is 1. The lowest BCUT2D eigenvalue weighted by molar-refractivity contribution is -0.136. The van der Waals surface area contributed by atoms with Crippen LogP contribution >= 0.6 is 15.9 Å². The first-order valence-electron chi connectivity index (χ1n) is 10.1. The summed E-state index contributed by atoms with van der Waals surface area (Å²) in [6.45, 7) is 2.13. The van der Waals surface area contributed by atoms with E-state index >= 15 is 0 Å². The fourth-order valence-electron chi connectivity index (χ4n) is 2.79. The number of benzene rings is 3. The molecule has 2 amide bonds. The van der Waals surface area contributed by atoms with E-state index < -0.39 is 17.6 Å². The van der Waals surface area contributed by atoms with Crippen molar-refractivity contribution in [1.82, 2.24) is 5.43 Å². The Morgan fingerprint density at radius 3 is 2.41 bits per heavy atom. The van der Waals surface area contributed by atoms with Crippen LogP contribution in [0.2, 0.25) is 0 Å². The zero-order chi connectivity index (χ0) is 24.5. The van der Waals surface area contributed by atoms with Crippen molar-refractivity contribution in [2.45, 2.75) is 13.5 Å². The molecule has 7 nitrogen and oxygen atoms in total. The Balaban J connectivity index is 1.67. The third-order valence-corrected chi connectivity index (χ3v) is 4.96. The number of carbonyl (C=O) groups is 2. The number of ether oxygens (including phenoxy) is 2. The second kappa shape index (κ2) is 11.9. The van der Waals surface area contributed by atoms with Gasteiger partial charge < -0.3 is 14.8 Å². The smallest absolute Gasteiger partial charge is 0.329 e. The summed E-state index contributed by atoms with van der Waals surface area (Å²) in [6.07, 6.45) is 1.29. The number of hydrogen-bond acceptors (Lipinski definition) is 5. The Labute approximate surface area is 202 Å². The largest absolute Gasteiger partial charge is 0.490 e. The van der Waals surface area contributed by atoms with Gasteiger partial charge in [-0.3, -0.25) is 9.59 Å². The van der Waals surface area contributed by atoms with Crippen molar-refractivity contribution in [1.29, 1.82) is 0 Å². The molecule has 0 spiro atoms. The number of anilines is 1. The molecule has 0 aliphatic carbocycles. The lowest BCUT2D eigenvalue weighted by atomic mass is 10.2. The number of hydrogen-bond donors (Lipinski definition) is 2. The Morgan fingerprint density at radius 1 is 1.00 bits per heavy atom. The minimum absolute atomic E-state index is 0.00798. The number of rotatable bonds is 8. The molecule has 0 saturated carbocycles. The van der Waals surface area contributed by atoms with Crippen molar-refractivity contribution >= 4 is 39.6 Å². The molecule has 0 aliphatic heterocycles. The molecular formula is C24H20BrF2N3O4. The van der Waals surface area contributed by atoms with Crippen LogP contribution in [-0.2, 0) is 16.2 Å². The number of amides is 2. The summed E-state index contributed by atoms with van der Waals surface area (Å²) in [4.78, 5) is 23.9. The maximum absolute atomic E-state index is 13.9. The fraction of sp³-hybridized carbons (Fsp3) is 0.125. The molecule has 0 aliphatic rings. The van der Waals surface area contributed by atoms with E-state index in [1.165, 1.54) is 30.5 Å². The van der Waals surface area contributed by atoms with Crippen LogP contribution in [0.4, 0.5) is 14.5 Å². The summed E-state index contributed by atoms with van der Waals surface area (Å²) < 4.78 is 39.4. The van der Waals surface area contributed by atoms with E-state index in [1.807, 2.05) is 0 Å². The van der Waals surface area contributed by atoms with Gasteiger partial charge in [0.1, 0.15) is 18.2 Å². The fourth-order valence-corrected chi connectivity index (χ4v) is 3.36. The maximum Gasteiger partial charge on any atom is 0.329 e. The highest BCUT2D eigenvalue weighted by Gasteiger charge is 2.16. The minimum atomic E-state index is -1.08. The lowest BCUT2D eigenvalue weighted by Crippen LogP contribution is -2.32. The molecule has 176 valence electrons. The third kappa shape index (κ3) is 6.61. The molecule has 0 bridgehead atoms. The average Bonchev–Trinajstić information content (AvgIpc) is 2.81. The Bertz CT molecular complexity index is 1220. The van der Waals surface area contributed by atoms with Gasteiger partial charge in [0, 0.05) is 5.56 Å². The highest BCUT2D eigenvalue weighted by Crippen LogP contribution is 2.37. The second-order valence-corrected chi connectivity index (χ2v) is 7.63. The van der Waals surface area contributed by atoms with Crippen molar-refractivity contribution in [2.24, 2.45) is 5.10 Å². The first kappa shape index (κ1) is 24.8. The predicted octanol–water partition coefficient (Wildman–Crippen LogP) is 4.79. The summed E-state index contributed by atoms with van der Waals surface area (Å²) in [5.41, 5.74) is 2.86. The number of hydrazone groups is 1. The van der Waals surface area contributed by atoms with Crippen molar-refractivity contribution in [3.63, 3.8) is 0 Å². The number of carbonyl (C=O) groups excluding carboxylic acids is 2. The van der Waals surface area contributed by atoms with Gasteiger partial charge in [-0.1, -0.05) is 30.3 Å². The topological polar surface area (TPSA) is 89.0 Å². The summed E-state index contributed by atoms with van der Waals surface area (Å²) in [5, 5.41) is 5.92. The van der Waals surface area contributed by atoms with Crippen molar-refractivity contribution in [3.8, 4) is 11.5 Å². The number of nitrogens with zero attached hydrogens (tertiary/aromatic N) is 1. The molecule has 0 radical (unpaired) electrons. The first-order valence-corrected chi connectivity index (χ1v) is 10.9. The van der Waals surface area contributed by atoms with Gasteiger partial charge in [-0.05, 0) is 58.7 Å². The number of nitrogens with one attached hydrogen (secondary N) is 2. The lowest BCUT2D eigenvalue weighted by Gasteiger charge is -2.15. The van der Waals surface area contributed by atoms with Crippen molar-refractivity contribution < 1.29 is 27.8 Å². The van der Waals surface area contributed by atoms with E-state index in [-0.39, 0.29) is 18.1 Å². The van der Waals surface area contributed by atoms with E-state index in [1.54, 1.807) is 37.3 Å². The second-order valence-electron chi connectivity index (χ2n) is 6.78. The molecule has 34 heavy (non-hydrogen) atoms. The van der Waals surface area contributed by atoms with Crippen LogP contribution in [0, 0.1) is 11.6 Å². The van der Waals surface area contributed by atoms with Gasteiger partial charge in [0.25, 0.3) is 0 Å². The predicted molar refractivity (Wildman–Crippen MR) is 127 cm³/mol. The maximum atomic E-state index is 13.9. The van der Waals surface area contributed by atoms with Crippen LogP contribution in [-0.4, -0.2) is 24.6 Å². The zero-order valence-electron chi connectivity index (χ0n) is 18.0. The quantitative estimate of drug-likeness (QED) is 0.248. The molecule has 0 fully saturated rings. The average molecular weight is 532 g/mol. The van der Waals surface area contributed by atoms with Crippen LogP contribution < -0.4 is 20.2 Å². The van der Waals surface area contributed by atoms with Crippen molar-refractivity contribution in [3.05, 3.63) is 87.9 Å². The van der Waals surface area contributed by atoms with E-state index in [2.05, 4.69) is 31.8 Å². The van der Waals surface area contributed by atoms with Gasteiger partial charge in [-0.2, -0.15) is 5.10 Å². The van der Waals surface area contributed by atoms with Crippen LogP contribution in [0.3, 0.4) is 0 Å². The minimum Gasteiger partial charge on any atom is -0.490 e. The zero-order valence-corrected chi connectivity index (χ0v) is 19.6. The molecule has 0 aromatic heterocycles. The summed E-state index contributed by atoms with van der Waals surface area (Å²) in [6, 6.07) is 15.0. The third-order valence-electron chi connectivity index (χ3n) is 4.37. The Kier molecular flexibility index (Phi) is 8.69. The molecule has 0 saturated heterocycles. The molecule has 10 heteroatoms. The molecule has 0 heterocycles. The normalized spacial score (nSPS) is 10.7. The molecule has 0 unspecified atom stereocenters. The Morgan fingerprint density at radius 2 is 1.71 bits per heavy atom. The van der Waals surface area contributed by atoms with E-state index in [0.717, 1.165) is 6.07 Å². The van der Waals surface area contributed by atoms with Crippen LogP contribution in [0.15, 0.2) is 70.2 Å². The Hall–Kier alpha value is -3.79. The monoisotopic (exact) mass is 531 g/mol. The summed E-state index contributed by atoms with van der Waals surface area (Å²) in [5.74, 6) is -2.45. The molecule has 3 aromatic carbocycles. The van der Waals surface area contributed by atoms with Gasteiger partial charge in [0.15, 0.2) is 11.5 Å². The summed E-state index contributed by atoms with van der Waals surface area (Å²) >= 11 is 3.40. The van der Waals surface area contributed by atoms with Crippen LogP contribution in [0.25, 0.3) is 0 Å². The van der Waals surface area contributed by atoms with Gasteiger partial charge in [-0.15, -0.1) is 0 Å². The SMILES string of the molecule is CCOc1cc(/C=N/NC(=O)C(=O)Nc2ccccc2F)cc(Br)c1OCc1ccccc1F. The summed E-state index contributed by atoms with van der Waals surface area (Å²) in [7, 11) is 0. The number of halogens is 3. The highest BCUT2D eigenvalue weighted by atomic mass is 79.9. The standard InChI is InChI=1S/C24H20BrF2N3O4/c1-2-33-21-12-15(11-17(25)22(21)34-14-16-7-3-4-8-18(16)26)13-28-30-24(32)23(31)29-20-10-6-5-9-19(20)27/h3-13H,2,14H2,1H3,(H,29,31)(H,30,32)/b28-13+. The van der Waals surface area contributed by atoms with Crippen molar-refractivity contribution in [2.75, 3.05) is 11.9 Å². The van der Waals surface area contributed by atoms with Crippen LogP contribution in [0.1, 0.15) is 18.1 Å². The van der Waals surface area contributed by atoms with Gasteiger partial charge in [0.05, 0.1) is 23.0 Å². The molecular weight excluding hydrogens is 512 g/mol. The van der Waals surface area contributed by atoms with Gasteiger partial charge in [-0.25, -0.2) is 14.2 Å². The first-order chi connectivity index (χ1) is 16.4.